The van der Waals surface area contributed by atoms with Crippen molar-refractivity contribution in [2.24, 2.45) is 0 Å². The zero-order valence-corrected chi connectivity index (χ0v) is 19.4. The summed E-state index contributed by atoms with van der Waals surface area (Å²) in [6, 6.07) is 0. The zero-order valence-electron chi connectivity index (χ0n) is 15.3. The van der Waals surface area contributed by atoms with Gasteiger partial charge in [0.2, 0.25) is 0 Å². The second-order valence-electron chi connectivity index (χ2n) is 7.95. The van der Waals surface area contributed by atoms with Gasteiger partial charge in [0.05, 0.1) is 11.7 Å². The molecule has 2 nitrogen and oxygen atoms in total. The number of rotatable bonds is 10. The lowest BCUT2D eigenvalue weighted by Gasteiger charge is -2.43. The average molecular weight is 443 g/mol. The highest BCUT2D eigenvalue weighted by Crippen LogP contribution is 2.32. The van der Waals surface area contributed by atoms with Gasteiger partial charge in [-0.15, -0.1) is 0 Å². The quantitative estimate of drug-likeness (QED) is 0.223. The van der Waals surface area contributed by atoms with E-state index in [-0.39, 0.29) is 11.7 Å². The molecule has 0 heterocycles. The van der Waals surface area contributed by atoms with Crippen LogP contribution >= 0.6 is 22.6 Å². The Kier molecular flexibility index (Phi) is 9.56. The Balaban J connectivity index is 5.26. The van der Waals surface area contributed by atoms with E-state index in [4.69, 9.17) is 8.85 Å². The normalized spacial score (nSPS) is 18.0. The largest absolute Gasteiger partial charge is 0.409 e. The molecule has 126 valence electrons. The maximum Gasteiger partial charge on any atom is 0.184 e. The van der Waals surface area contributed by atoms with E-state index in [1.807, 2.05) is 0 Å². The van der Waals surface area contributed by atoms with Crippen molar-refractivity contribution in [3.8, 4) is 0 Å². The molecule has 0 aromatic carbocycles. The summed E-state index contributed by atoms with van der Waals surface area (Å²) in [6.45, 7) is 18.1. The maximum absolute atomic E-state index is 6.61. The first-order valence-electron chi connectivity index (χ1n) is 8.08. The molecule has 0 aromatic heterocycles. The second kappa shape index (κ2) is 9.20. The molecule has 0 saturated heterocycles. The van der Waals surface area contributed by atoms with Gasteiger partial charge in [-0.05, 0) is 62.8 Å². The lowest BCUT2D eigenvalue weighted by Crippen LogP contribution is -2.52. The lowest BCUT2D eigenvalue weighted by molar-refractivity contribution is -0.0213. The number of hydrogen-bond donors (Lipinski definition) is 0. The number of unbranched alkanes of at least 4 members (excludes halogenated alkanes) is 2. The highest BCUT2D eigenvalue weighted by Gasteiger charge is 2.39. The molecule has 0 saturated carbocycles. The Hall–Kier alpha value is 0.824. The van der Waals surface area contributed by atoms with E-state index in [0.717, 1.165) is 6.42 Å². The molecule has 0 N–H and O–H groups in total. The molecule has 0 aromatic rings. The summed E-state index contributed by atoms with van der Waals surface area (Å²) in [5.41, 5.74) is -0.207. The summed E-state index contributed by atoms with van der Waals surface area (Å²) < 4.78 is 15.2. The molecular weight excluding hydrogens is 407 g/mol. The molecule has 2 unspecified atom stereocenters. The van der Waals surface area contributed by atoms with Crippen LogP contribution in [0.3, 0.4) is 0 Å². The van der Waals surface area contributed by atoms with Gasteiger partial charge in [-0.25, -0.2) is 0 Å². The van der Waals surface area contributed by atoms with Gasteiger partial charge in [0.1, 0.15) is 0 Å². The summed E-state index contributed by atoms with van der Waals surface area (Å²) in [5.74, 6) is 0. The smallest absolute Gasteiger partial charge is 0.184 e. The topological polar surface area (TPSA) is 18.5 Å². The number of halogens is 1. The van der Waals surface area contributed by atoms with Crippen molar-refractivity contribution >= 4 is 39.2 Å². The Labute approximate surface area is 148 Å². The molecule has 5 heteroatoms. The highest BCUT2D eigenvalue weighted by molar-refractivity contribution is 14.1. The lowest BCUT2D eigenvalue weighted by atomic mass is 9.92. The third kappa shape index (κ3) is 10.3. The standard InChI is InChI=1S/C16H35IO2Si2/c1-9-10-11-13-16(2,19-21(6,7)8)15(12-14-17)18-20(3,4)5/h12,14-15H,9-11,13H2,1-8H3. The summed E-state index contributed by atoms with van der Waals surface area (Å²) in [4.78, 5) is 0. The van der Waals surface area contributed by atoms with Crippen molar-refractivity contribution in [1.29, 1.82) is 0 Å². The average Bonchev–Trinajstić information content (AvgIpc) is 2.24. The minimum atomic E-state index is -1.62. The van der Waals surface area contributed by atoms with Gasteiger partial charge in [-0.1, -0.05) is 48.8 Å². The Bertz CT molecular complexity index is 321. The third-order valence-electron chi connectivity index (χ3n) is 3.15. The molecule has 0 rings (SSSR count). The van der Waals surface area contributed by atoms with E-state index in [1.54, 1.807) is 0 Å². The van der Waals surface area contributed by atoms with E-state index in [0.29, 0.717) is 0 Å². The first kappa shape index (κ1) is 21.8. The monoisotopic (exact) mass is 442 g/mol. The van der Waals surface area contributed by atoms with Crippen molar-refractivity contribution in [3.05, 3.63) is 10.2 Å². The van der Waals surface area contributed by atoms with Crippen LogP contribution in [0.5, 0.6) is 0 Å². The van der Waals surface area contributed by atoms with Crippen LogP contribution < -0.4 is 0 Å². The van der Waals surface area contributed by atoms with Crippen LogP contribution in [0.4, 0.5) is 0 Å². The first-order valence-corrected chi connectivity index (χ1v) is 16.1. The van der Waals surface area contributed by atoms with E-state index in [9.17, 15) is 0 Å². The maximum atomic E-state index is 6.61. The van der Waals surface area contributed by atoms with Crippen LogP contribution in [0.1, 0.15) is 39.5 Å². The molecule has 0 radical (unpaired) electrons. The number of hydrogen-bond acceptors (Lipinski definition) is 2. The van der Waals surface area contributed by atoms with E-state index >= 15 is 0 Å². The van der Waals surface area contributed by atoms with Crippen molar-refractivity contribution < 1.29 is 8.85 Å². The summed E-state index contributed by atoms with van der Waals surface area (Å²) in [5, 5.41) is 0. The van der Waals surface area contributed by atoms with Gasteiger partial charge in [-0.3, -0.25) is 0 Å². The Morgan fingerprint density at radius 1 is 1.05 bits per heavy atom. The third-order valence-corrected chi connectivity index (χ3v) is 5.60. The molecule has 0 aliphatic rings. The van der Waals surface area contributed by atoms with Gasteiger partial charge >= 0.3 is 0 Å². The van der Waals surface area contributed by atoms with Crippen LogP contribution in [0.2, 0.25) is 39.3 Å². The fourth-order valence-corrected chi connectivity index (χ4v) is 5.58. The Morgan fingerprint density at radius 2 is 1.62 bits per heavy atom. The predicted molar refractivity (Wildman–Crippen MR) is 108 cm³/mol. The first-order chi connectivity index (χ1) is 9.43. The van der Waals surface area contributed by atoms with E-state index in [1.165, 1.54) is 19.3 Å². The fraction of sp³-hybridized carbons (Fsp3) is 0.875. The summed E-state index contributed by atoms with van der Waals surface area (Å²) >= 11 is 2.29. The second-order valence-corrected chi connectivity index (χ2v) is 17.6. The van der Waals surface area contributed by atoms with E-state index < -0.39 is 16.6 Å². The molecule has 0 fully saturated rings. The van der Waals surface area contributed by atoms with Gasteiger partial charge in [0.25, 0.3) is 0 Å². The van der Waals surface area contributed by atoms with Crippen LogP contribution in [-0.4, -0.2) is 28.3 Å². The minimum Gasteiger partial charge on any atom is -0.409 e. The molecule has 0 aliphatic carbocycles. The molecule has 0 amide bonds. The summed E-state index contributed by atoms with van der Waals surface area (Å²) in [6.07, 6.45) is 7.03. The molecule has 21 heavy (non-hydrogen) atoms. The van der Waals surface area contributed by atoms with Gasteiger partial charge in [0.15, 0.2) is 16.6 Å². The SMILES string of the molecule is CCCCCC(C)(O[Si](C)(C)C)C(C=CI)O[Si](C)(C)C. The van der Waals surface area contributed by atoms with Gasteiger partial charge in [-0.2, -0.15) is 0 Å². The van der Waals surface area contributed by atoms with Gasteiger partial charge in [0, 0.05) is 0 Å². The van der Waals surface area contributed by atoms with Crippen LogP contribution in [-0.2, 0) is 8.85 Å². The zero-order chi connectivity index (χ0) is 16.7. The van der Waals surface area contributed by atoms with Gasteiger partial charge < -0.3 is 8.85 Å². The van der Waals surface area contributed by atoms with Crippen molar-refractivity contribution in [2.75, 3.05) is 0 Å². The minimum absolute atomic E-state index is 0.0599. The molecule has 0 spiro atoms. The van der Waals surface area contributed by atoms with E-state index in [2.05, 4.69) is 85.9 Å². The molecule has 0 bridgehead atoms. The highest BCUT2D eigenvalue weighted by atomic mass is 127. The van der Waals surface area contributed by atoms with Crippen LogP contribution in [0.25, 0.3) is 0 Å². The summed E-state index contributed by atoms with van der Waals surface area (Å²) in [7, 11) is -3.23. The fourth-order valence-electron chi connectivity index (χ4n) is 2.49. The molecular formula is C16H35IO2Si2. The predicted octanol–water partition coefficient (Wildman–Crippen LogP) is 6.35. The van der Waals surface area contributed by atoms with Crippen molar-refractivity contribution in [1.82, 2.24) is 0 Å². The van der Waals surface area contributed by atoms with Crippen molar-refractivity contribution in [3.63, 3.8) is 0 Å². The Morgan fingerprint density at radius 3 is 2.00 bits per heavy atom. The molecule has 0 aliphatic heterocycles. The van der Waals surface area contributed by atoms with Crippen LogP contribution in [0, 0.1) is 0 Å². The molecule has 2 atom stereocenters. The van der Waals surface area contributed by atoms with Crippen molar-refractivity contribution in [2.45, 2.75) is 90.5 Å². The van der Waals surface area contributed by atoms with Crippen LogP contribution in [0.15, 0.2) is 10.2 Å².